The molecule has 86 valence electrons. The predicted octanol–water partition coefficient (Wildman–Crippen LogP) is -1.03. The number of hydrogen-bond donors (Lipinski definition) is 2. The molecule has 0 radical (unpaired) electrons. The summed E-state index contributed by atoms with van der Waals surface area (Å²) in [6, 6.07) is -0.945. The molecule has 0 spiro atoms. The minimum Gasteiger partial charge on any atom is -0.758 e. The Labute approximate surface area is 87.6 Å². The van der Waals surface area contributed by atoms with E-state index in [0.29, 0.717) is 12.8 Å². The number of carboxylic acids is 1. The van der Waals surface area contributed by atoms with Gasteiger partial charge in [-0.15, -0.1) is 0 Å². The van der Waals surface area contributed by atoms with Crippen molar-refractivity contribution < 1.29 is 28.3 Å². The number of amides is 1. The molecule has 1 saturated heterocycles. The fourth-order valence-electron chi connectivity index (χ4n) is 1.37. The van der Waals surface area contributed by atoms with Gasteiger partial charge in [-0.2, -0.15) is 0 Å². The van der Waals surface area contributed by atoms with Gasteiger partial charge < -0.3 is 14.5 Å². The third-order valence-corrected chi connectivity index (χ3v) is 2.19. The van der Waals surface area contributed by atoms with Crippen LogP contribution in [0.4, 0.5) is 4.79 Å². The number of likely N-dealkylation sites (tertiary alicyclic amines) is 1. The molecule has 0 aromatic rings. The van der Waals surface area contributed by atoms with Crippen molar-refractivity contribution in [3.63, 3.8) is 0 Å². The van der Waals surface area contributed by atoms with Gasteiger partial charge in [0.1, 0.15) is 6.04 Å². The van der Waals surface area contributed by atoms with Gasteiger partial charge in [0.25, 0.3) is 0 Å². The van der Waals surface area contributed by atoms with Crippen molar-refractivity contribution in [3.05, 3.63) is 0 Å². The molecule has 1 amide bonds. The van der Waals surface area contributed by atoms with Crippen LogP contribution < -0.4 is 4.89 Å². The molecule has 0 aliphatic carbocycles. The predicted molar refractivity (Wildman–Crippen MR) is 45.9 cm³/mol. The van der Waals surface area contributed by atoms with Gasteiger partial charge in [0.05, 0.1) is 11.3 Å². The first kappa shape index (κ1) is 11.9. The number of carbonyl (C=O) groups excluding carboxylic acids is 1. The summed E-state index contributed by atoms with van der Waals surface area (Å²) in [5.41, 5.74) is 0. The highest BCUT2D eigenvalue weighted by atomic mass is 32.2. The van der Waals surface area contributed by atoms with E-state index >= 15 is 0 Å². The Balaban J connectivity index is 2.51. The van der Waals surface area contributed by atoms with E-state index in [1.54, 1.807) is 0 Å². The normalized spacial score (nSPS) is 22.5. The summed E-state index contributed by atoms with van der Waals surface area (Å²) in [5, 5.41) is 8.72. The van der Waals surface area contributed by atoms with Crippen molar-refractivity contribution in [3.8, 4) is 0 Å². The third-order valence-electron chi connectivity index (χ3n) is 1.97. The number of aliphatic carboxylic acids is 1. The van der Waals surface area contributed by atoms with Gasteiger partial charge in [-0.25, -0.2) is 9.59 Å². The van der Waals surface area contributed by atoms with Crippen LogP contribution in [0.15, 0.2) is 0 Å². The van der Waals surface area contributed by atoms with Crippen LogP contribution in [0.25, 0.3) is 0 Å². The zero-order chi connectivity index (χ0) is 11.4. The van der Waals surface area contributed by atoms with E-state index in [-0.39, 0.29) is 6.54 Å². The molecule has 8 nitrogen and oxygen atoms in total. The minimum atomic E-state index is -2.73. The van der Waals surface area contributed by atoms with Crippen LogP contribution in [0.1, 0.15) is 12.8 Å². The second kappa shape index (κ2) is 5.05. The van der Waals surface area contributed by atoms with Crippen LogP contribution in [-0.4, -0.2) is 43.4 Å². The van der Waals surface area contributed by atoms with Gasteiger partial charge in [-0.05, 0) is 12.8 Å². The molecule has 1 heterocycles. The molecule has 1 fully saturated rings. The van der Waals surface area contributed by atoms with Crippen molar-refractivity contribution in [2.24, 2.45) is 0 Å². The van der Waals surface area contributed by atoms with E-state index in [9.17, 15) is 18.4 Å². The van der Waals surface area contributed by atoms with E-state index < -0.39 is 29.4 Å². The molecule has 2 atom stereocenters. The number of nitrogens with zero attached hydrogens (tertiary/aromatic N) is 1. The van der Waals surface area contributed by atoms with Crippen molar-refractivity contribution >= 4 is 23.3 Å². The van der Waals surface area contributed by atoms with Crippen molar-refractivity contribution in [2.75, 3.05) is 6.54 Å². The van der Waals surface area contributed by atoms with Gasteiger partial charge >= 0.3 is 12.1 Å². The molecule has 15 heavy (non-hydrogen) atoms. The zero-order valence-electron chi connectivity index (χ0n) is 7.54. The Morgan fingerprint density at radius 1 is 1.60 bits per heavy atom. The molecule has 9 heteroatoms. The topological polar surface area (TPSA) is 119 Å². The molecule has 0 bridgehead atoms. The summed E-state index contributed by atoms with van der Waals surface area (Å²) in [7, 11) is 0. The Hall–Kier alpha value is -1.19. The molecule has 1 rings (SSSR count). The maximum atomic E-state index is 11.2. The minimum absolute atomic E-state index is 0.239. The molecular formula is C6H9N2O6S-. The van der Waals surface area contributed by atoms with Gasteiger partial charge in [0, 0.05) is 6.54 Å². The molecule has 1 unspecified atom stereocenters. The Kier molecular flexibility index (Phi) is 4.00. The maximum absolute atomic E-state index is 11.2. The molecule has 0 saturated carbocycles. The molecule has 0 aromatic carbocycles. The number of hydrogen-bond acceptors (Lipinski definition) is 5. The summed E-state index contributed by atoms with van der Waals surface area (Å²) in [6.45, 7) is 0.239. The third kappa shape index (κ3) is 3.15. The van der Waals surface area contributed by atoms with Gasteiger partial charge in [0.2, 0.25) is 0 Å². The fraction of sp³-hybridized carbons (Fsp3) is 0.667. The quantitative estimate of drug-likeness (QED) is 0.478. The number of nitrogens with one attached hydrogen (secondary N) is 1. The first-order chi connectivity index (χ1) is 7.02. The number of carboxylic acid groups (broad SMARTS) is 1. The molecule has 2 N–H and O–H groups in total. The van der Waals surface area contributed by atoms with Gasteiger partial charge in [-0.1, -0.05) is 4.89 Å². The van der Waals surface area contributed by atoms with Crippen molar-refractivity contribution in [1.82, 2.24) is 9.79 Å². The van der Waals surface area contributed by atoms with Crippen molar-refractivity contribution in [1.29, 1.82) is 0 Å². The highest BCUT2D eigenvalue weighted by Gasteiger charge is 2.35. The van der Waals surface area contributed by atoms with Gasteiger partial charge in [0.15, 0.2) is 0 Å². The summed E-state index contributed by atoms with van der Waals surface area (Å²) in [6.07, 6.45) is -0.124. The van der Waals surface area contributed by atoms with Crippen LogP contribution in [0.5, 0.6) is 0 Å². The fourth-order valence-corrected chi connectivity index (χ4v) is 1.51. The zero-order valence-corrected chi connectivity index (χ0v) is 8.36. The van der Waals surface area contributed by atoms with Crippen molar-refractivity contribution in [2.45, 2.75) is 18.9 Å². The summed E-state index contributed by atoms with van der Waals surface area (Å²) in [4.78, 5) is 28.3. The smallest absolute Gasteiger partial charge is 0.430 e. The molecular weight excluding hydrogens is 228 g/mol. The Bertz CT molecular complexity index is 295. The largest absolute Gasteiger partial charge is 0.758 e. The number of carbonyl (C=O) groups is 2. The monoisotopic (exact) mass is 237 g/mol. The van der Waals surface area contributed by atoms with Crippen LogP contribution in [0.2, 0.25) is 0 Å². The average molecular weight is 237 g/mol. The average Bonchev–Trinajstić information content (AvgIpc) is 2.62. The highest BCUT2D eigenvalue weighted by molar-refractivity contribution is 7.76. The van der Waals surface area contributed by atoms with E-state index in [2.05, 4.69) is 4.84 Å². The molecule has 0 aromatic heterocycles. The van der Waals surface area contributed by atoms with E-state index in [0.717, 1.165) is 4.90 Å². The first-order valence-corrected chi connectivity index (χ1v) is 5.15. The van der Waals surface area contributed by atoms with Crippen LogP contribution in [-0.2, 0) is 20.9 Å². The number of rotatable bonds is 3. The lowest BCUT2D eigenvalue weighted by Gasteiger charge is -2.20. The highest BCUT2D eigenvalue weighted by Crippen LogP contribution is 2.17. The second-order valence-electron chi connectivity index (χ2n) is 2.88. The van der Waals surface area contributed by atoms with Crippen LogP contribution in [0, 0.1) is 0 Å². The van der Waals surface area contributed by atoms with E-state index in [1.165, 1.54) is 4.89 Å². The molecule has 1 aliphatic heterocycles. The second-order valence-corrected chi connectivity index (χ2v) is 3.51. The van der Waals surface area contributed by atoms with Crippen LogP contribution in [0.3, 0.4) is 0 Å². The standard InChI is InChI=1S/C6H10N2O6S/c9-5(10)4-2-1-3-8(4)6(11)14-7-15(12)13/h4,7H,1-3H2,(H,9,10)(H,12,13)/p-1/t4-/m0/s1. The Morgan fingerprint density at radius 3 is 2.80 bits per heavy atom. The lowest BCUT2D eigenvalue weighted by atomic mass is 10.2. The SMILES string of the molecule is O=C(O)[C@@H]1CCCN1C(=O)ONS(=O)[O-]. The Morgan fingerprint density at radius 2 is 2.27 bits per heavy atom. The van der Waals surface area contributed by atoms with E-state index in [4.69, 9.17) is 5.11 Å². The summed E-state index contributed by atoms with van der Waals surface area (Å²) in [5.74, 6) is -1.13. The lowest BCUT2D eigenvalue weighted by molar-refractivity contribution is -0.141. The summed E-state index contributed by atoms with van der Waals surface area (Å²) < 4.78 is 20.0. The van der Waals surface area contributed by atoms with Gasteiger partial charge in [-0.3, -0.25) is 9.11 Å². The first-order valence-electron chi connectivity index (χ1n) is 4.07. The lowest BCUT2D eigenvalue weighted by Crippen LogP contribution is -2.42. The van der Waals surface area contributed by atoms with E-state index in [1.807, 2.05) is 0 Å². The molecule has 1 aliphatic rings. The summed E-state index contributed by atoms with van der Waals surface area (Å²) >= 11 is -2.73. The maximum Gasteiger partial charge on any atom is 0.430 e. The van der Waals surface area contributed by atoms with Crippen LogP contribution >= 0.6 is 0 Å².